The van der Waals surface area contributed by atoms with Crippen LogP contribution in [0.5, 0.6) is 0 Å². The molecule has 0 aliphatic rings. The lowest BCUT2D eigenvalue weighted by Gasteiger charge is -2.24. The van der Waals surface area contributed by atoms with Gasteiger partial charge in [0.1, 0.15) is 6.10 Å². The summed E-state index contributed by atoms with van der Waals surface area (Å²) in [6.45, 7) is 5.72. The molecule has 1 atom stereocenters. The van der Waals surface area contributed by atoms with Crippen LogP contribution in [-0.4, -0.2) is 16.6 Å². The van der Waals surface area contributed by atoms with Gasteiger partial charge in [-0.1, -0.05) is 18.2 Å². The highest BCUT2D eigenvalue weighted by molar-refractivity contribution is 5.68. The number of alkyl carbamates (subject to hydrolysis) is 1. The Morgan fingerprint density at radius 1 is 1.22 bits per heavy atom. The second kappa shape index (κ2) is 7.13. The van der Waals surface area contributed by atoms with Gasteiger partial charge in [-0.3, -0.25) is 4.98 Å². The maximum absolute atomic E-state index is 12.1. The van der Waals surface area contributed by atoms with Gasteiger partial charge in [0.25, 0.3) is 0 Å². The number of pyridine rings is 1. The Labute approximate surface area is 136 Å². The zero-order valence-electron chi connectivity index (χ0n) is 13.7. The van der Waals surface area contributed by atoms with Crippen molar-refractivity contribution in [2.45, 2.75) is 38.8 Å². The van der Waals surface area contributed by atoms with Crippen LogP contribution in [0.4, 0.5) is 10.5 Å². The van der Waals surface area contributed by atoms with Crippen molar-refractivity contribution in [2.75, 3.05) is 5.73 Å². The number of anilines is 1. The minimum absolute atomic E-state index is 0.353. The van der Waals surface area contributed by atoms with E-state index in [0.29, 0.717) is 12.1 Å². The van der Waals surface area contributed by atoms with Crippen molar-refractivity contribution in [3.8, 4) is 0 Å². The number of nitrogens with zero attached hydrogens (tertiary/aromatic N) is 1. The molecule has 0 aliphatic heterocycles. The summed E-state index contributed by atoms with van der Waals surface area (Å²) in [5.41, 5.74) is 7.79. The predicted molar refractivity (Wildman–Crippen MR) is 90.9 cm³/mol. The summed E-state index contributed by atoms with van der Waals surface area (Å²) in [6, 6.07) is 13.0. The molecule has 3 N–H and O–H groups in total. The molecule has 0 spiro atoms. The topological polar surface area (TPSA) is 77.2 Å². The number of ether oxygens (including phenoxy) is 1. The second-order valence-corrected chi connectivity index (χ2v) is 6.46. The number of hydrogen-bond acceptors (Lipinski definition) is 4. The molecule has 1 amide bonds. The molecule has 5 heteroatoms. The first-order valence-corrected chi connectivity index (χ1v) is 7.57. The first kappa shape index (κ1) is 16.8. The minimum Gasteiger partial charge on any atom is -0.441 e. The summed E-state index contributed by atoms with van der Waals surface area (Å²) >= 11 is 0. The summed E-state index contributed by atoms with van der Waals surface area (Å²) in [4.78, 5) is 16.4. The Bertz CT molecular complexity index is 634. The number of benzene rings is 1. The molecule has 1 aromatic heterocycles. The van der Waals surface area contributed by atoms with E-state index in [4.69, 9.17) is 10.5 Å². The molecule has 0 saturated carbocycles. The van der Waals surface area contributed by atoms with Gasteiger partial charge < -0.3 is 15.8 Å². The number of aromatic nitrogens is 1. The fraction of sp³-hybridized carbons (Fsp3) is 0.333. The molecule has 0 bridgehead atoms. The van der Waals surface area contributed by atoms with E-state index in [0.717, 1.165) is 11.3 Å². The monoisotopic (exact) mass is 313 g/mol. The van der Waals surface area contributed by atoms with Crippen molar-refractivity contribution in [3.05, 3.63) is 59.9 Å². The average Bonchev–Trinajstić information content (AvgIpc) is 2.46. The molecular weight excluding hydrogens is 290 g/mol. The van der Waals surface area contributed by atoms with Crippen LogP contribution in [0.1, 0.15) is 38.1 Å². The summed E-state index contributed by atoms with van der Waals surface area (Å²) in [6.07, 6.45) is 1.36. The van der Waals surface area contributed by atoms with E-state index >= 15 is 0 Å². The number of carbonyl (C=O) groups is 1. The number of nitrogen functional groups attached to an aromatic ring is 1. The third-order valence-electron chi connectivity index (χ3n) is 3.16. The highest BCUT2D eigenvalue weighted by atomic mass is 16.6. The Hall–Kier alpha value is -2.56. The van der Waals surface area contributed by atoms with Crippen LogP contribution < -0.4 is 11.1 Å². The lowest BCUT2D eigenvalue weighted by Crippen LogP contribution is -2.41. The third-order valence-corrected chi connectivity index (χ3v) is 3.16. The third kappa shape index (κ3) is 5.62. The number of carbonyl (C=O) groups excluding carboxylic acids is 1. The highest BCUT2D eigenvalue weighted by Gasteiger charge is 2.21. The van der Waals surface area contributed by atoms with Gasteiger partial charge in [-0.15, -0.1) is 0 Å². The van der Waals surface area contributed by atoms with E-state index in [1.54, 1.807) is 18.3 Å². The van der Waals surface area contributed by atoms with Gasteiger partial charge in [0.05, 0.1) is 0 Å². The molecule has 23 heavy (non-hydrogen) atoms. The van der Waals surface area contributed by atoms with E-state index < -0.39 is 12.2 Å². The van der Waals surface area contributed by atoms with Crippen LogP contribution in [0.2, 0.25) is 0 Å². The van der Waals surface area contributed by atoms with Gasteiger partial charge in [-0.05, 0) is 50.6 Å². The smallest absolute Gasteiger partial charge is 0.408 e. The van der Waals surface area contributed by atoms with Crippen molar-refractivity contribution < 1.29 is 9.53 Å². The molecule has 2 rings (SSSR count). The molecule has 1 aromatic carbocycles. The first-order valence-electron chi connectivity index (χ1n) is 7.57. The minimum atomic E-state index is -0.449. The van der Waals surface area contributed by atoms with E-state index in [-0.39, 0.29) is 5.54 Å². The maximum Gasteiger partial charge on any atom is 0.408 e. The fourth-order valence-corrected chi connectivity index (χ4v) is 2.11. The van der Waals surface area contributed by atoms with Gasteiger partial charge in [0.15, 0.2) is 0 Å². The van der Waals surface area contributed by atoms with Crippen LogP contribution in [0.25, 0.3) is 0 Å². The number of amides is 1. The molecule has 1 heterocycles. The van der Waals surface area contributed by atoms with Crippen LogP contribution in [0.15, 0.2) is 48.7 Å². The van der Waals surface area contributed by atoms with Crippen LogP contribution in [0.3, 0.4) is 0 Å². The average molecular weight is 313 g/mol. The molecule has 2 aromatic rings. The second-order valence-electron chi connectivity index (χ2n) is 6.46. The Kier molecular flexibility index (Phi) is 5.21. The molecular formula is C18H23N3O2. The van der Waals surface area contributed by atoms with Crippen LogP contribution in [-0.2, 0) is 11.2 Å². The summed E-state index contributed by atoms with van der Waals surface area (Å²) in [5, 5.41) is 2.81. The van der Waals surface area contributed by atoms with E-state index in [2.05, 4.69) is 10.3 Å². The van der Waals surface area contributed by atoms with E-state index in [1.807, 2.05) is 51.1 Å². The van der Waals surface area contributed by atoms with E-state index in [9.17, 15) is 4.79 Å². The van der Waals surface area contributed by atoms with Gasteiger partial charge >= 0.3 is 6.09 Å². The number of nitrogens with two attached hydrogens (primary N) is 1. The number of rotatable bonds is 4. The first-order chi connectivity index (χ1) is 10.8. The molecule has 0 radical (unpaired) electrons. The highest BCUT2D eigenvalue weighted by Crippen LogP contribution is 2.23. The van der Waals surface area contributed by atoms with Gasteiger partial charge in [-0.2, -0.15) is 0 Å². The number of nitrogens with one attached hydrogen (secondary N) is 1. The zero-order chi connectivity index (χ0) is 16.9. The summed E-state index contributed by atoms with van der Waals surface area (Å²) < 4.78 is 5.63. The molecule has 5 nitrogen and oxygen atoms in total. The molecule has 1 unspecified atom stereocenters. The Balaban J connectivity index is 2.17. The van der Waals surface area contributed by atoms with Crippen molar-refractivity contribution in [3.63, 3.8) is 0 Å². The van der Waals surface area contributed by atoms with Crippen LogP contribution >= 0.6 is 0 Å². The lowest BCUT2D eigenvalue weighted by molar-refractivity contribution is 0.0905. The standard InChI is InChI=1S/C18H23N3O2/c1-18(2,3)21-17(22)23-16(12-15-6-4-5-11-20-15)13-7-9-14(19)10-8-13/h4-11,16H,12,19H2,1-3H3,(H,21,22). The summed E-state index contributed by atoms with van der Waals surface area (Å²) in [5.74, 6) is 0. The Morgan fingerprint density at radius 3 is 2.48 bits per heavy atom. The summed E-state index contributed by atoms with van der Waals surface area (Å²) in [7, 11) is 0. The zero-order valence-corrected chi connectivity index (χ0v) is 13.7. The quantitative estimate of drug-likeness (QED) is 0.847. The largest absolute Gasteiger partial charge is 0.441 e. The van der Waals surface area contributed by atoms with Gasteiger partial charge in [-0.25, -0.2) is 4.79 Å². The Morgan fingerprint density at radius 2 is 1.91 bits per heavy atom. The predicted octanol–water partition coefficient (Wildman–Crippen LogP) is 3.47. The van der Waals surface area contributed by atoms with Gasteiger partial charge in [0.2, 0.25) is 0 Å². The van der Waals surface area contributed by atoms with Gasteiger partial charge in [0, 0.05) is 29.5 Å². The van der Waals surface area contributed by atoms with Crippen molar-refractivity contribution in [1.29, 1.82) is 0 Å². The van der Waals surface area contributed by atoms with Crippen molar-refractivity contribution in [1.82, 2.24) is 10.3 Å². The molecule has 0 aliphatic carbocycles. The SMILES string of the molecule is CC(C)(C)NC(=O)OC(Cc1ccccn1)c1ccc(N)cc1. The molecule has 122 valence electrons. The van der Waals surface area contributed by atoms with Crippen molar-refractivity contribution >= 4 is 11.8 Å². The molecule has 0 fully saturated rings. The van der Waals surface area contributed by atoms with E-state index in [1.165, 1.54) is 0 Å². The van der Waals surface area contributed by atoms with Crippen molar-refractivity contribution in [2.24, 2.45) is 0 Å². The molecule has 0 saturated heterocycles. The lowest BCUT2D eigenvalue weighted by atomic mass is 10.0. The fourth-order valence-electron chi connectivity index (χ4n) is 2.11. The number of hydrogen-bond donors (Lipinski definition) is 2. The van der Waals surface area contributed by atoms with Crippen LogP contribution in [0, 0.1) is 0 Å². The normalized spacial score (nSPS) is 12.5. The maximum atomic E-state index is 12.1.